The van der Waals surface area contributed by atoms with Crippen LogP contribution in [-0.2, 0) is 0 Å². The fourth-order valence-electron chi connectivity index (χ4n) is 2.71. The number of ether oxygens (including phenoxy) is 1. The number of halogens is 3. The minimum Gasteiger partial charge on any atom is -0.485 e. The monoisotopic (exact) mass is 341 g/mol. The summed E-state index contributed by atoms with van der Waals surface area (Å²) in [4.78, 5) is 0. The molecule has 0 saturated carbocycles. The maximum Gasteiger partial charge on any atom is 0.128 e. The van der Waals surface area contributed by atoms with Gasteiger partial charge in [0.1, 0.15) is 11.9 Å². The molecule has 0 aromatic heterocycles. The van der Waals surface area contributed by atoms with Crippen molar-refractivity contribution in [2.45, 2.75) is 18.6 Å². The van der Waals surface area contributed by atoms with Crippen molar-refractivity contribution < 1.29 is 4.74 Å². The summed E-state index contributed by atoms with van der Waals surface area (Å²) in [6, 6.07) is 11.3. The van der Waals surface area contributed by atoms with Gasteiger partial charge in [-0.25, -0.2) is 0 Å². The Hall–Kier alpha value is -0.930. The van der Waals surface area contributed by atoms with Crippen molar-refractivity contribution in [2.75, 3.05) is 7.05 Å². The zero-order valence-electron chi connectivity index (χ0n) is 11.4. The molecule has 0 saturated heterocycles. The van der Waals surface area contributed by atoms with E-state index in [2.05, 4.69) is 5.32 Å². The van der Waals surface area contributed by atoms with Crippen molar-refractivity contribution in [2.24, 2.45) is 0 Å². The van der Waals surface area contributed by atoms with E-state index in [1.807, 2.05) is 43.4 Å². The molecule has 1 N–H and O–H groups in total. The van der Waals surface area contributed by atoms with Crippen LogP contribution in [0.5, 0.6) is 5.75 Å². The fraction of sp³-hybridized carbons (Fsp3) is 0.250. The Bertz CT molecular complexity index is 654. The van der Waals surface area contributed by atoms with Gasteiger partial charge in [0.25, 0.3) is 0 Å². The molecule has 0 amide bonds. The Balaban J connectivity index is 2.03. The van der Waals surface area contributed by atoms with Gasteiger partial charge >= 0.3 is 0 Å². The van der Waals surface area contributed by atoms with Gasteiger partial charge in [0.15, 0.2) is 0 Å². The van der Waals surface area contributed by atoms with Gasteiger partial charge in [-0.3, -0.25) is 0 Å². The number of hydrogen-bond donors (Lipinski definition) is 1. The summed E-state index contributed by atoms with van der Waals surface area (Å²) in [5.41, 5.74) is 1.89. The maximum atomic E-state index is 6.30. The molecule has 5 heteroatoms. The summed E-state index contributed by atoms with van der Waals surface area (Å²) in [7, 11) is 1.92. The summed E-state index contributed by atoms with van der Waals surface area (Å²) in [5, 5.41) is 5.25. The van der Waals surface area contributed by atoms with E-state index >= 15 is 0 Å². The molecule has 1 heterocycles. The van der Waals surface area contributed by atoms with Gasteiger partial charge in [-0.15, -0.1) is 0 Å². The third-order valence-electron chi connectivity index (χ3n) is 3.74. The minimum absolute atomic E-state index is 0.143. The first kappa shape index (κ1) is 15.0. The van der Waals surface area contributed by atoms with E-state index in [4.69, 9.17) is 39.5 Å². The average molecular weight is 343 g/mol. The van der Waals surface area contributed by atoms with Crippen molar-refractivity contribution in [1.29, 1.82) is 0 Å². The van der Waals surface area contributed by atoms with Crippen LogP contribution < -0.4 is 10.1 Å². The van der Waals surface area contributed by atoms with Gasteiger partial charge in [0, 0.05) is 38.7 Å². The summed E-state index contributed by atoms with van der Waals surface area (Å²) in [6.07, 6.45) is 0.560. The van der Waals surface area contributed by atoms with Gasteiger partial charge in [0.05, 0.1) is 0 Å². The number of rotatable bonds is 2. The van der Waals surface area contributed by atoms with E-state index in [1.165, 1.54) is 0 Å². The van der Waals surface area contributed by atoms with Crippen molar-refractivity contribution in [3.8, 4) is 5.75 Å². The summed E-state index contributed by atoms with van der Waals surface area (Å²) < 4.78 is 6.10. The molecule has 0 radical (unpaired) electrons. The molecule has 2 aromatic rings. The van der Waals surface area contributed by atoms with Gasteiger partial charge < -0.3 is 10.1 Å². The molecule has 2 aromatic carbocycles. The third-order valence-corrected chi connectivity index (χ3v) is 4.63. The van der Waals surface area contributed by atoms with Crippen LogP contribution in [0.4, 0.5) is 0 Å². The van der Waals surface area contributed by atoms with Crippen LogP contribution in [0.1, 0.15) is 29.7 Å². The molecule has 0 aliphatic carbocycles. The van der Waals surface area contributed by atoms with Crippen LogP contribution in [0.2, 0.25) is 15.1 Å². The molecule has 0 bridgehead atoms. The first-order chi connectivity index (χ1) is 10.1. The highest BCUT2D eigenvalue weighted by Crippen LogP contribution is 2.44. The number of nitrogens with one attached hydrogen (secondary N) is 1. The summed E-state index contributed by atoms with van der Waals surface area (Å²) >= 11 is 18.7. The van der Waals surface area contributed by atoms with Crippen LogP contribution >= 0.6 is 34.8 Å². The van der Waals surface area contributed by atoms with E-state index in [1.54, 1.807) is 0 Å². The maximum absolute atomic E-state index is 6.30. The topological polar surface area (TPSA) is 21.3 Å². The van der Waals surface area contributed by atoms with E-state index in [-0.39, 0.29) is 12.1 Å². The predicted octanol–water partition coefficient (Wildman–Crippen LogP) is 5.43. The molecular formula is C16H14Cl3NO. The second-order valence-corrected chi connectivity index (χ2v) is 6.25. The number of benzene rings is 2. The van der Waals surface area contributed by atoms with Gasteiger partial charge in [-0.05, 0) is 37.4 Å². The molecule has 0 spiro atoms. The Morgan fingerprint density at radius 3 is 2.48 bits per heavy atom. The van der Waals surface area contributed by atoms with E-state index < -0.39 is 0 Å². The zero-order valence-corrected chi connectivity index (χ0v) is 13.6. The van der Waals surface area contributed by atoms with Crippen LogP contribution in [0.25, 0.3) is 0 Å². The van der Waals surface area contributed by atoms with E-state index in [0.717, 1.165) is 23.3 Å². The van der Waals surface area contributed by atoms with Crippen molar-refractivity contribution in [3.63, 3.8) is 0 Å². The molecule has 21 heavy (non-hydrogen) atoms. The number of hydrogen-bond acceptors (Lipinski definition) is 2. The molecule has 1 aliphatic heterocycles. The second-order valence-electron chi connectivity index (χ2n) is 5.00. The lowest BCUT2D eigenvalue weighted by molar-refractivity contribution is 0.154. The van der Waals surface area contributed by atoms with E-state index in [0.29, 0.717) is 15.1 Å². The molecule has 1 aliphatic rings. The SMILES string of the molecule is CNC1CC(c2c(Cl)cccc2Cl)Oc2ccc(Cl)cc21. The number of fused-ring (bicyclic) bond motifs is 1. The van der Waals surface area contributed by atoms with Crippen LogP contribution in [0.15, 0.2) is 36.4 Å². The Morgan fingerprint density at radius 1 is 1.10 bits per heavy atom. The van der Waals surface area contributed by atoms with Gasteiger partial charge in [-0.1, -0.05) is 40.9 Å². The smallest absolute Gasteiger partial charge is 0.128 e. The lowest BCUT2D eigenvalue weighted by Crippen LogP contribution is -2.27. The molecule has 2 atom stereocenters. The highest BCUT2D eigenvalue weighted by molar-refractivity contribution is 6.36. The minimum atomic E-state index is -0.183. The first-order valence-corrected chi connectivity index (χ1v) is 7.81. The van der Waals surface area contributed by atoms with Crippen molar-refractivity contribution >= 4 is 34.8 Å². The van der Waals surface area contributed by atoms with Crippen molar-refractivity contribution in [3.05, 3.63) is 62.6 Å². The summed E-state index contributed by atoms with van der Waals surface area (Å²) in [5.74, 6) is 0.811. The molecule has 110 valence electrons. The van der Waals surface area contributed by atoms with Gasteiger partial charge in [-0.2, -0.15) is 0 Å². The average Bonchev–Trinajstić information content (AvgIpc) is 2.46. The largest absolute Gasteiger partial charge is 0.485 e. The molecule has 2 nitrogen and oxygen atoms in total. The van der Waals surface area contributed by atoms with Crippen LogP contribution in [0, 0.1) is 0 Å². The lowest BCUT2D eigenvalue weighted by atomic mass is 9.93. The lowest BCUT2D eigenvalue weighted by Gasteiger charge is -2.33. The van der Waals surface area contributed by atoms with Crippen molar-refractivity contribution in [1.82, 2.24) is 5.32 Å². The predicted molar refractivity (Wildman–Crippen MR) is 87.7 cm³/mol. The zero-order chi connectivity index (χ0) is 15.0. The third kappa shape index (κ3) is 2.86. The summed E-state index contributed by atoms with van der Waals surface area (Å²) in [6.45, 7) is 0. The molecule has 3 rings (SSSR count). The first-order valence-electron chi connectivity index (χ1n) is 6.67. The fourth-order valence-corrected chi connectivity index (χ4v) is 3.53. The van der Waals surface area contributed by atoms with Crippen LogP contribution in [0.3, 0.4) is 0 Å². The molecular weight excluding hydrogens is 329 g/mol. The Labute approximate surface area is 139 Å². The highest BCUT2D eigenvalue weighted by atomic mass is 35.5. The van der Waals surface area contributed by atoms with Gasteiger partial charge in [0.2, 0.25) is 0 Å². The Morgan fingerprint density at radius 2 is 1.81 bits per heavy atom. The normalized spacial score (nSPS) is 20.8. The second kappa shape index (κ2) is 6.05. The van der Waals surface area contributed by atoms with E-state index in [9.17, 15) is 0 Å². The standard InChI is InChI=1S/C16H14Cl3NO/c1-20-13-8-15(16-11(18)3-2-4-12(16)19)21-14-6-5-9(17)7-10(13)14/h2-7,13,15,20H,8H2,1H3. The van der Waals surface area contributed by atoms with Crippen LogP contribution in [-0.4, -0.2) is 7.05 Å². The molecule has 2 unspecified atom stereocenters. The quantitative estimate of drug-likeness (QED) is 0.785. The highest BCUT2D eigenvalue weighted by Gasteiger charge is 2.31. The molecule has 0 fully saturated rings. The Kier molecular flexibility index (Phi) is 4.32.